The number of esters is 1. The maximum Gasteiger partial charge on any atom is 0.324 e. The second-order valence-electron chi connectivity index (χ2n) is 20.4. The van der Waals surface area contributed by atoms with Gasteiger partial charge in [-0.2, -0.15) is 0 Å². The number of rotatable bonds is 14. The highest BCUT2D eigenvalue weighted by Gasteiger charge is 2.58. The minimum Gasteiger partial charge on any atom is -0.459 e. The number of benzene rings is 1. The molecule has 7 N–H and O–H groups in total. The van der Waals surface area contributed by atoms with E-state index < -0.39 is 108 Å². The van der Waals surface area contributed by atoms with E-state index in [2.05, 4.69) is 10.6 Å². The van der Waals surface area contributed by atoms with Crippen LogP contribution in [0.25, 0.3) is 0 Å². The van der Waals surface area contributed by atoms with Crippen molar-refractivity contribution in [2.75, 3.05) is 59.5 Å². The molecule has 3 heterocycles. The molecule has 67 heavy (non-hydrogen) atoms. The molecule has 0 bridgehead atoms. The first kappa shape index (κ1) is 57.0. The predicted octanol–water partition coefficient (Wildman–Crippen LogP) is 3.18. The van der Waals surface area contributed by atoms with Crippen molar-refractivity contribution >= 4 is 17.7 Å². The number of likely N-dealkylation sites (N-methyl/N-ethyl adjacent to an activating group) is 1. The normalized spacial score (nSPS) is 41.7. The topological polar surface area (TPSA) is 230 Å². The molecule has 0 aliphatic carbocycles. The number of nitrogens with zero attached hydrogens (tertiary/aromatic N) is 2. The number of amides is 2. The Hall–Kier alpha value is -2.56. The third-order valence-corrected chi connectivity index (χ3v) is 14.9. The largest absolute Gasteiger partial charge is 0.459 e. The lowest BCUT2D eigenvalue weighted by atomic mass is 9.75. The van der Waals surface area contributed by atoms with E-state index >= 15 is 0 Å². The maximum atomic E-state index is 14.5. The molecule has 0 aromatic heterocycles. The number of urea groups is 1. The van der Waals surface area contributed by atoms with Crippen molar-refractivity contribution in [3.63, 3.8) is 0 Å². The van der Waals surface area contributed by atoms with E-state index in [4.69, 9.17) is 33.2 Å². The highest BCUT2D eigenvalue weighted by atomic mass is 16.7. The Morgan fingerprint density at radius 3 is 2.22 bits per heavy atom. The fourth-order valence-electron chi connectivity index (χ4n) is 10.4. The molecule has 4 rings (SSSR count). The number of hydrogen-bond donors (Lipinski definition) is 7. The van der Waals surface area contributed by atoms with Crippen molar-refractivity contribution in [2.24, 2.45) is 17.8 Å². The van der Waals surface area contributed by atoms with Gasteiger partial charge in [0.25, 0.3) is 0 Å². The van der Waals surface area contributed by atoms with Gasteiger partial charge in [0.2, 0.25) is 0 Å². The monoisotopic (exact) mass is 955 g/mol. The van der Waals surface area contributed by atoms with Crippen LogP contribution in [0.5, 0.6) is 0 Å². The molecule has 386 valence electrons. The van der Waals surface area contributed by atoms with Crippen LogP contribution in [0, 0.1) is 17.8 Å². The first-order valence-corrected chi connectivity index (χ1v) is 24.2. The average Bonchev–Trinajstić information content (AvgIpc) is 3.29. The molecule has 0 saturated carbocycles. The molecule has 3 aliphatic heterocycles. The maximum absolute atomic E-state index is 14.5. The summed E-state index contributed by atoms with van der Waals surface area (Å²) in [4.78, 5) is 31.4. The highest BCUT2D eigenvalue weighted by molar-refractivity contribution is 5.91. The van der Waals surface area contributed by atoms with Crippen LogP contribution in [0.3, 0.4) is 0 Å². The predicted molar refractivity (Wildman–Crippen MR) is 252 cm³/mol. The molecule has 18 nitrogen and oxygen atoms in total. The lowest BCUT2D eigenvalue weighted by Crippen LogP contribution is -2.70. The Bertz CT molecular complexity index is 1700. The molecule has 1 aromatic carbocycles. The van der Waals surface area contributed by atoms with Crippen LogP contribution in [-0.4, -0.2) is 187 Å². The molecule has 18 heteroatoms. The number of para-hydroxylation sites is 1. The number of anilines is 1. The van der Waals surface area contributed by atoms with Gasteiger partial charge < -0.3 is 74.2 Å². The third-order valence-electron chi connectivity index (χ3n) is 14.9. The summed E-state index contributed by atoms with van der Waals surface area (Å²) in [5.74, 6) is -3.01. The molecule has 3 aliphatic rings. The summed E-state index contributed by atoms with van der Waals surface area (Å²) in [6, 6.07) is 7.39. The summed E-state index contributed by atoms with van der Waals surface area (Å²) in [5, 5.41) is 67.0. The molecular weight excluding hydrogens is 869 g/mol. The summed E-state index contributed by atoms with van der Waals surface area (Å²) in [7, 11) is 6.42. The smallest absolute Gasteiger partial charge is 0.324 e. The van der Waals surface area contributed by atoms with Crippen LogP contribution in [-0.2, 0) is 38.0 Å². The van der Waals surface area contributed by atoms with Gasteiger partial charge in [-0.1, -0.05) is 39.0 Å². The summed E-state index contributed by atoms with van der Waals surface area (Å²) in [6.07, 6.45) is -8.64. The number of ether oxygens (including phenoxy) is 7. The number of hydrogen-bond acceptors (Lipinski definition) is 16. The van der Waals surface area contributed by atoms with E-state index in [-0.39, 0.29) is 44.2 Å². The quantitative estimate of drug-likeness (QED) is 0.105. The first-order valence-electron chi connectivity index (χ1n) is 24.2. The molecule has 3 saturated heterocycles. The van der Waals surface area contributed by atoms with Crippen LogP contribution in [0.2, 0.25) is 0 Å². The van der Waals surface area contributed by atoms with Crippen molar-refractivity contribution < 1.29 is 68.3 Å². The van der Waals surface area contributed by atoms with Gasteiger partial charge in [-0.05, 0) is 105 Å². The zero-order valence-corrected chi connectivity index (χ0v) is 42.6. The first-order chi connectivity index (χ1) is 31.3. The highest BCUT2D eigenvalue weighted by Crippen LogP contribution is 2.43. The summed E-state index contributed by atoms with van der Waals surface area (Å²) in [6.45, 7) is 18.8. The fourth-order valence-corrected chi connectivity index (χ4v) is 10.4. The van der Waals surface area contributed by atoms with Gasteiger partial charge in [0, 0.05) is 65.5 Å². The number of carbonyl (C=O) groups excluding carboxylic acids is 2. The average molecular weight is 955 g/mol. The van der Waals surface area contributed by atoms with Gasteiger partial charge in [-0.3, -0.25) is 9.69 Å². The standard InChI is InChI=1S/C49H86N4O14/c1-15-37-48(10,59)41(55)33(6)51-27-29(2)25-46(8,58)42(67-44-39(54)36(24-30(3)63-44)53(12)45(57)52(11)35-20-17-16-18-21-35)31(4)40(32(5)43(56)65-37)66-38-26-47(9,62-14)49(60,34(7)64-38)28-50-22-19-23-61-13/h16-18,20-21,29-34,36-42,44,50-51,54-55,58-60H,15,19,22-28H2,1-14H3/t29-,30-,31+,32-,33-,34+,36+,37-,38+,39-,40+,41-,42-,44+,46-,47-,48-,49+/m1/s1. The number of methoxy groups -OCH3 is 2. The van der Waals surface area contributed by atoms with Crippen molar-refractivity contribution in [1.29, 1.82) is 0 Å². The molecule has 0 unspecified atom stereocenters. The molecule has 18 atom stereocenters. The van der Waals surface area contributed by atoms with E-state index in [0.717, 1.165) is 6.42 Å². The number of carbonyl (C=O) groups is 2. The molecule has 2 amide bonds. The van der Waals surface area contributed by atoms with Crippen LogP contribution in [0.1, 0.15) is 101 Å². The second-order valence-corrected chi connectivity index (χ2v) is 20.4. The third kappa shape index (κ3) is 13.2. The minimum absolute atomic E-state index is 0.0253. The van der Waals surface area contributed by atoms with E-state index in [1.807, 2.05) is 44.2 Å². The van der Waals surface area contributed by atoms with Crippen LogP contribution in [0.15, 0.2) is 30.3 Å². The zero-order chi connectivity index (χ0) is 50.2. The Labute approximate surface area is 399 Å². The fraction of sp³-hybridized carbons (Fsp3) is 0.837. The molecule has 0 radical (unpaired) electrons. The van der Waals surface area contributed by atoms with Gasteiger partial charge in [0.05, 0.1) is 42.0 Å². The summed E-state index contributed by atoms with van der Waals surface area (Å²) >= 11 is 0. The number of aliphatic hydroxyl groups excluding tert-OH is 2. The van der Waals surface area contributed by atoms with Crippen LogP contribution in [0.4, 0.5) is 10.5 Å². The van der Waals surface area contributed by atoms with Crippen molar-refractivity contribution in [2.45, 2.75) is 191 Å². The Balaban J connectivity index is 1.78. The van der Waals surface area contributed by atoms with E-state index in [9.17, 15) is 35.1 Å². The van der Waals surface area contributed by atoms with E-state index in [1.165, 1.54) is 23.8 Å². The van der Waals surface area contributed by atoms with Crippen molar-refractivity contribution in [1.82, 2.24) is 15.5 Å². The van der Waals surface area contributed by atoms with Crippen molar-refractivity contribution in [3.8, 4) is 0 Å². The summed E-state index contributed by atoms with van der Waals surface area (Å²) in [5.41, 5.74) is -5.63. The molecular formula is C49H86N4O14. The van der Waals surface area contributed by atoms with Crippen LogP contribution >= 0.6 is 0 Å². The van der Waals surface area contributed by atoms with Gasteiger partial charge >= 0.3 is 12.0 Å². The number of cyclic esters (lactones) is 1. The van der Waals surface area contributed by atoms with Gasteiger partial charge in [0.1, 0.15) is 35.1 Å². The lowest BCUT2D eigenvalue weighted by Gasteiger charge is -2.53. The molecule has 3 fully saturated rings. The molecule has 1 aromatic rings. The number of nitrogens with one attached hydrogen (secondary N) is 2. The van der Waals surface area contributed by atoms with E-state index in [1.54, 1.807) is 69.7 Å². The lowest BCUT2D eigenvalue weighted by molar-refractivity contribution is -0.336. The Kier molecular flexibility index (Phi) is 20.5. The zero-order valence-electron chi connectivity index (χ0n) is 42.6. The second kappa shape index (κ2) is 24.0. The molecule has 0 spiro atoms. The van der Waals surface area contributed by atoms with Gasteiger partial charge in [-0.25, -0.2) is 4.79 Å². The van der Waals surface area contributed by atoms with Crippen molar-refractivity contribution in [3.05, 3.63) is 30.3 Å². The van der Waals surface area contributed by atoms with Gasteiger partial charge in [-0.15, -0.1) is 0 Å². The number of aliphatic hydroxyl groups is 5. The Morgan fingerprint density at radius 2 is 1.61 bits per heavy atom. The SMILES string of the molecule is CC[C@H]1OC(=O)[C@H](C)[C@@H](O[C@H]2C[C@@](C)(OC)[C@](O)(CNCCCOC)[C@H](C)O2)[C@H](C)[C@@H](O[C@@H]2O[C@H](C)C[C@H](N(C)C(=O)N(C)c3ccccc3)[C@H]2O)[C@](C)(O)C[C@@H](C)CN[C@H](C)[C@@H](O)[C@]1(C)O. The van der Waals surface area contributed by atoms with Gasteiger partial charge in [0.15, 0.2) is 12.6 Å². The van der Waals surface area contributed by atoms with Crippen LogP contribution < -0.4 is 15.5 Å². The van der Waals surface area contributed by atoms with E-state index in [0.29, 0.717) is 25.4 Å². The Morgan fingerprint density at radius 1 is 0.955 bits per heavy atom. The minimum atomic E-state index is -1.87. The summed E-state index contributed by atoms with van der Waals surface area (Å²) < 4.78 is 43.9.